The minimum atomic E-state index is -3.92. The second-order valence-electron chi connectivity index (χ2n) is 6.33. The van der Waals surface area contributed by atoms with E-state index in [0.29, 0.717) is 17.0 Å². The van der Waals surface area contributed by atoms with Crippen LogP contribution in [0.15, 0.2) is 97.7 Å². The molecule has 0 radical (unpaired) electrons. The molecule has 0 aliphatic carbocycles. The van der Waals surface area contributed by atoms with Gasteiger partial charge in [0.25, 0.3) is 0 Å². The molecule has 3 aromatic carbocycles. The van der Waals surface area contributed by atoms with Gasteiger partial charge >= 0.3 is 0 Å². The van der Waals surface area contributed by atoms with E-state index < -0.39 is 9.84 Å². The van der Waals surface area contributed by atoms with Crippen LogP contribution in [0, 0.1) is 0 Å². The zero-order chi connectivity index (χ0) is 21.1. The van der Waals surface area contributed by atoms with Gasteiger partial charge in [-0.1, -0.05) is 34.1 Å². The number of halogens is 1. The van der Waals surface area contributed by atoms with Crippen LogP contribution >= 0.6 is 15.9 Å². The Morgan fingerprint density at radius 1 is 0.933 bits per heavy atom. The van der Waals surface area contributed by atoms with Gasteiger partial charge in [-0.25, -0.2) is 8.42 Å². The van der Waals surface area contributed by atoms with Crippen LogP contribution in [0.5, 0.6) is 5.75 Å². The van der Waals surface area contributed by atoms with E-state index in [4.69, 9.17) is 9.15 Å². The van der Waals surface area contributed by atoms with Crippen LogP contribution in [-0.2, 0) is 9.84 Å². The van der Waals surface area contributed by atoms with Gasteiger partial charge in [0.05, 0.1) is 12.0 Å². The van der Waals surface area contributed by atoms with Crippen molar-refractivity contribution in [3.8, 4) is 17.2 Å². The molecule has 0 fully saturated rings. The summed E-state index contributed by atoms with van der Waals surface area (Å²) in [6.07, 6.45) is 0. The highest BCUT2D eigenvalue weighted by Gasteiger charge is 2.28. The Labute approximate surface area is 182 Å². The molecule has 1 N–H and O–H groups in total. The lowest BCUT2D eigenvalue weighted by Crippen LogP contribution is -2.05. The minimum Gasteiger partial charge on any atom is -0.497 e. The first kappa shape index (κ1) is 20.2. The van der Waals surface area contributed by atoms with E-state index in [9.17, 15) is 8.42 Å². The molecular formula is C22H17BrN2O4S. The number of nitrogens with one attached hydrogen (secondary N) is 1. The van der Waals surface area contributed by atoms with Crippen molar-refractivity contribution in [2.45, 2.75) is 9.92 Å². The normalized spacial score (nSPS) is 11.3. The highest BCUT2D eigenvalue weighted by molar-refractivity contribution is 9.10. The minimum absolute atomic E-state index is 0.0435. The molecule has 1 heterocycles. The van der Waals surface area contributed by atoms with Crippen LogP contribution < -0.4 is 10.1 Å². The summed E-state index contributed by atoms with van der Waals surface area (Å²) < 4.78 is 38.4. The predicted octanol–water partition coefficient (Wildman–Crippen LogP) is 5.69. The zero-order valence-corrected chi connectivity index (χ0v) is 18.3. The Morgan fingerprint density at radius 3 is 2.23 bits per heavy atom. The van der Waals surface area contributed by atoms with Crippen molar-refractivity contribution in [3.05, 3.63) is 83.3 Å². The van der Waals surface area contributed by atoms with Crippen LogP contribution in [0.1, 0.15) is 0 Å². The number of oxazole rings is 1. The van der Waals surface area contributed by atoms with Gasteiger partial charge in [-0.05, 0) is 60.7 Å². The number of rotatable bonds is 6. The van der Waals surface area contributed by atoms with Crippen molar-refractivity contribution >= 4 is 37.3 Å². The summed E-state index contributed by atoms with van der Waals surface area (Å²) in [7, 11) is -2.34. The van der Waals surface area contributed by atoms with E-state index in [2.05, 4.69) is 26.2 Å². The van der Waals surface area contributed by atoms with Gasteiger partial charge in [-0.15, -0.1) is 0 Å². The maximum Gasteiger partial charge on any atom is 0.238 e. The first-order valence-corrected chi connectivity index (χ1v) is 11.2. The smallest absolute Gasteiger partial charge is 0.238 e. The molecule has 0 unspecified atom stereocenters. The molecular weight excluding hydrogens is 468 g/mol. The van der Waals surface area contributed by atoms with Crippen molar-refractivity contribution in [2.75, 3.05) is 12.4 Å². The average molecular weight is 485 g/mol. The number of methoxy groups -OCH3 is 1. The summed E-state index contributed by atoms with van der Waals surface area (Å²) in [5, 5.41) is 2.85. The summed E-state index contributed by atoms with van der Waals surface area (Å²) in [6.45, 7) is 0. The lowest BCUT2D eigenvalue weighted by Gasteiger charge is -2.07. The molecule has 0 bridgehead atoms. The van der Waals surface area contributed by atoms with Crippen LogP contribution in [-0.4, -0.2) is 20.5 Å². The van der Waals surface area contributed by atoms with E-state index >= 15 is 0 Å². The highest BCUT2D eigenvalue weighted by Crippen LogP contribution is 2.34. The first-order valence-electron chi connectivity index (χ1n) is 8.95. The number of nitrogens with zero attached hydrogens (tertiary/aromatic N) is 1. The number of hydrogen-bond donors (Lipinski definition) is 1. The monoisotopic (exact) mass is 484 g/mol. The van der Waals surface area contributed by atoms with Gasteiger partial charge in [-0.2, -0.15) is 4.98 Å². The van der Waals surface area contributed by atoms with Gasteiger partial charge in [0, 0.05) is 15.7 Å². The molecule has 8 heteroatoms. The number of anilines is 2. The molecule has 0 spiro atoms. The standard InChI is InChI=1S/C22H17BrN2O4S/c1-28-18-11-9-17(10-12-18)24-21-22(25-20(29-21)15-5-3-2-4-6-15)30(26,27)19-13-7-16(23)8-14-19/h2-14,24H,1H3. The summed E-state index contributed by atoms with van der Waals surface area (Å²) in [5.74, 6) is 0.940. The SMILES string of the molecule is COc1ccc(Nc2oc(-c3ccccc3)nc2S(=O)(=O)c2ccc(Br)cc2)cc1. The molecule has 0 amide bonds. The Hall–Kier alpha value is -3.10. The largest absolute Gasteiger partial charge is 0.497 e. The molecule has 4 aromatic rings. The number of sulfone groups is 1. The van der Waals surface area contributed by atoms with Crippen molar-refractivity contribution in [1.29, 1.82) is 0 Å². The summed E-state index contributed by atoms with van der Waals surface area (Å²) in [4.78, 5) is 4.45. The van der Waals surface area contributed by atoms with E-state index in [1.54, 1.807) is 55.6 Å². The Morgan fingerprint density at radius 2 is 1.60 bits per heavy atom. The van der Waals surface area contributed by atoms with Gasteiger partial charge in [-0.3, -0.25) is 0 Å². The molecule has 0 saturated carbocycles. The van der Waals surface area contributed by atoms with Crippen molar-refractivity contribution < 1.29 is 17.6 Å². The Kier molecular flexibility index (Phi) is 5.61. The second kappa shape index (κ2) is 8.33. The van der Waals surface area contributed by atoms with Crippen LogP contribution in [0.2, 0.25) is 0 Å². The quantitative estimate of drug-likeness (QED) is 0.378. The highest BCUT2D eigenvalue weighted by atomic mass is 79.9. The van der Waals surface area contributed by atoms with Gasteiger partial charge < -0.3 is 14.5 Å². The molecule has 1 aromatic heterocycles. The third-order valence-electron chi connectivity index (χ3n) is 4.34. The molecule has 0 atom stereocenters. The van der Waals surface area contributed by atoms with Crippen LogP contribution in [0.4, 0.5) is 11.6 Å². The average Bonchev–Trinajstić information content (AvgIpc) is 3.20. The van der Waals surface area contributed by atoms with E-state index in [0.717, 1.165) is 4.47 Å². The van der Waals surface area contributed by atoms with E-state index in [1.807, 2.05) is 18.2 Å². The Bertz CT molecular complexity index is 1250. The third kappa shape index (κ3) is 4.10. The molecule has 0 aliphatic heterocycles. The summed E-state index contributed by atoms with van der Waals surface area (Å²) >= 11 is 3.32. The summed E-state index contributed by atoms with van der Waals surface area (Å²) in [6, 6.07) is 22.6. The fraction of sp³-hybridized carbons (Fsp3) is 0.0455. The van der Waals surface area contributed by atoms with Gasteiger partial charge in [0.2, 0.25) is 26.6 Å². The fourth-order valence-corrected chi connectivity index (χ4v) is 4.32. The zero-order valence-electron chi connectivity index (χ0n) is 15.9. The molecule has 0 saturated heterocycles. The second-order valence-corrected chi connectivity index (χ2v) is 9.11. The number of ether oxygens (including phenoxy) is 1. The van der Waals surface area contributed by atoms with Crippen molar-refractivity contribution in [1.82, 2.24) is 4.98 Å². The maximum atomic E-state index is 13.3. The molecule has 30 heavy (non-hydrogen) atoms. The van der Waals surface area contributed by atoms with E-state index in [1.165, 1.54) is 12.1 Å². The topological polar surface area (TPSA) is 81.4 Å². The fourth-order valence-electron chi connectivity index (χ4n) is 2.80. The van der Waals surface area contributed by atoms with Crippen molar-refractivity contribution in [2.24, 2.45) is 0 Å². The molecule has 6 nitrogen and oxygen atoms in total. The van der Waals surface area contributed by atoms with Gasteiger partial charge in [0.1, 0.15) is 5.75 Å². The lowest BCUT2D eigenvalue weighted by atomic mass is 10.2. The first-order chi connectivity index (χ1) is 14.5. The van der Waals surface area contributed by atoms with Crippen LogP contribution in [0.3, 0.4) is 0 Å². The van der Waals surface area contributed by atoms with Gasteiger partial charge in [0.15, 0.2) is 0 Å². The number of hydrogen-bond acceptors (Lipinski definition) is 6. The molecule has 0 aliphatic rings. The van der Waals surface area contributed by atoms with Crippen LogP contribution in [0.25, 0.3) is 11.5 Å². The molecule has 4 rings (SSSR count). The van der Waals surface area contributed by atoms with E-state index in [-0.39, 0.29) is 21.7 Å². The number of aromatic nitrogens is 1. The maximum absolute atomic E-state index is 13.3. The Balaban J connectivity index is 1.80. The molecule has 152 valence electrons. The lowest BCUT2D eigenvalue weighted by molar-refractivity contribution is 0.415. The number of benzene rings is 3. The third-order valence-corrected chi connectivity index (χ3v) is 6.55. The predicted molar refractivity (Wildman–Crippen MR) is 118 cm³/mol. The van der Waals surface area contributed by atoms with Crippen molar-refractivity contribution in [3.63, 3.8) is 0 Å². The summed E-state index contributed by atoms with van der Waals surface area (Å²) in [5.41, 5.74) is 1.31.